The molecule has 3 rings (SSSR count). The minimum absolute atomic E-state index is 0.229. The number of amidine groups is 1. The fourth-order valence-corrected chi connectivity index (χ4v) is 3.09. The van der Waals surface area contributed by atoms with Gasteiger partial charge >= 0.3 is 7.82 Å². The lowest BCUT2D eigenvalue weighted by Gasteiger charge is -2.38. The van der Waals surface area contributed by atoms with Crippen LogP contribution in [0.2, 0.25) is 0 Å². The monoisotopic (exact) mass is 376 g/mol. The summed E-state index contributed by atoms with van der Waals surface area (Å²) in [5.41, 5.74) is 4.85. The molecule has 5 atom stereocenters. The predicted molar refractivity (Wildman–Crippen MR) is 84.1 cm³/mol. The first-order chi connectivity index (χ1) is 11.6. The van der Waals surface area contributed by atoms with Crippen molar-refractivity contribution in [3.8, 4) is 0 Å². The molecular formula is C11H17N6O7P. The molecule has 0 radical (unpaired) electrons. The molecule has 0 spiro atoms. The Balaban J connectivity index is 1.85. The highest BCUT2D eigenvalue weighted by atomic mass is 31.2. The van der Waals surface area contributed by atoms with Gasteiger partial charge < -0.3 is 30.5 Å². The molecule has 25 heavy (non-hydrogen) atoms. The highest BCUT2D eigenvalue weighted by Gasteiger charge is 2.55. The third-order valence-corrected chi connectivity index (χ3v) is 4.45. The normalized spacial score (nSPS) is 37.8. The van der Waals surface area contributed by atoms with Crippen molar-refractivity contribution >= 4 is 26.3 Å². The molecule has 0 bridgehead atoms. The van der Waals surface area contributed by atoms with E-state index in [0.29, 0.717) is 0 Å². The minimum Gasteiger partial charge on any atom is -0.387 e. The zero-order valence-electron chi connectivity index (χ0n) is 12.7. The number of phosphoric acid groups is 1. The minimum atomic E-state index is -4.77. The zero-order chi connectivity index (χ0) is 18.4. The lowest BCUT2D eigenvalue weighted by atomic mass is 9.89. The average molecular weight is 376 g/mol. The molecule has 1 fully saturated rings. The van der Waals surface area contributed by atoms with Crippen LogP contribution in [0.3, 0.4) is 0 Å². The number of fused-ring (bicyclic) bond motifs is 1. The summed E-state index contributed by atoms with van der Waals surface area (Å²) in [7, 11) is -4.77. The van der Waals surface area contributed by atoms with Gasteiger partial charge in [-0.1, -0.05) is 0 Å². The molecule has 1 saturated heterocycles. The third kappa shape index (κ3) is 3.29. The van der Waals surface area contributed by atoms with Gasteiger partial charge in [0.25, 0.3) is 0 Å². The maximum Gasteiger partial charge on any atom is 0.469 e. The zero-order valence-corrected chi connectivity index (χ0v) is 13.5. The lowest BCUT2D eigenvalue weighted by molar-refractivity contribution is -0.0411. The van der Waals surface area contributed by atoms with Crippen LogP contribution in [0.4, 0.5) is 0 Å². The first kappa shape index (κ1) is 18.3. The van der Waals surface area contributed by atoms with E-state index in [2.05, 4.69) is 19.5 Å². The smallest absolute Gasteiger partial charge is 0.387 e. The third-order valence-electron chi connectivity index (χ3n) is 3.97. The van der Waals surface area contributed by atoms with E-state index in [0.717, 1.165) is 11.3 Å². The molecular weight excluding hydrogens is 359 g/mol. The van der Waals surface area contributed by atoms with Crippen molar-refractivity contribution in [2.45, 2.75) is 30.1 Å². The summed E-state index contributed by atoms with van der Waals surface area (Å²) >= 11 is 0. The second-order valence-electron chi connectivity index (χ2n) is 5.60. The van der Waals surface area contributed by atoms with E-state index in [1.54, 1.807) is 0 Å². The maximum absolute atomic E-state index is 10.8. The van der Waals surface area contributed by atoms with E-state index in [4.69, 9.17) is 26.1 Å². The molecule has 0 aromatic carbocycles. The second-order valence-corrected chi connectivity index (χ2v) is 6.84. The van der Waals surface area contributed by atoms with E-state index in [9.17, 15) is 14.8 Å². The van der Waals surface area contributed by atoms with Crippen molar-refractivity contribution in [3.05, 3.63) is 11.8 Å². The fourth-order valence-electron chi connectivity index (χ4n) is 2.75. The molecule has 0 aliphatic carbocycles. The maximum atomic E-state index is 10.8. The highest BCUT2D eigenvalue weighted by molar-refractivity contribution is 7.46. The van der Waals surface area contributed by atoms with Crippen molar-refractivity contribution in [2.75, 3.05) is 6.61 Å². The molecule has 14 heteroatoms. The molecule has 0 saturated carbocycles. The molecule has 1 unspecified atom stereocenters. The van der Waals surface area contributed by atoms with Crippen LogP contribution in [0, 0.1) is 0 Å². The average Bonchev–Trinajstić information content (AvgIpc) is 2.82. The topological polar surface area (TPSA) is 209 Å². The lowest BCUT2D eigenvalue weighted by Crippen LogP contribution is -2.60. The van der Waals surface area contributed by atoms with Crippen molar-refractivity contribution in [2.24, 2.45) is 26.6 Å². The van der Waals surface area contributed by atoms with Crippen LogP contribution < -0.4 is 11.6 Å². The Morgan fingerprint density at radius 1 is 1.40 bits per heavy atom. The van der Waals surface area contributed by atoms with Crippen LogP contribution in [0.1, 0.15) is 0 Å². The summed E-state index contributed by atoms with van der Waals surface area (Å²) in [6.45, 7) is -0.653. The Hall–Kier alpha value is -1.54. The van der Waals surface area contributed by atoms with Crippen molar-refractivity contribution < 1.29 is 33.8 Å². The Morgan fingerprint density at radius 2 is 2.12 bits per heavy atom. The first-order valence-electron chi connectivity index (χ1n) is 7.04. The largest absolute Gasteiger partial charge is 0.469 e. The number of hydrazine groups is 1. The molecule has 3 heterocycles. The van der Waals surface area contributed by atoms with Gasteiger partial charge in [-0.15, -0.1) is 0 Å². The van der Waals surface area contributed by atoms with Crippen LogP contribution in [0.5, 0.6) is 0 Å². The van der Waals surface area contributed by atoms with Gasteiger partial charge in [-0.2, -0.15) is 0 Å². The van der Waals surface area contributed by atoms with E-state index in [-0.39, 0.29) is 11.4 Å². The van der Waals surface area contributed by atoms with Crippen LogP contribution >= 0.6 is 7.82 Å². The van der Waals surface area contributed by atoms with Crippen LogP contribution in [0.15, 0.2) is 26.8 Å². The van der Waals surface area contributed by atoms with Gasteiger partial charge in [0.05, 0.1) is 12.2 Å². The number of hydrogen-bond donors (Lipinski definition) is 6. The predicted octanol–water partition coefficient (Wildman–Crippen LogP) is -3.22. The number of nitrogens with two attached hydrogens (primary N) is 2. The summed E-state index contributed by atoms with van der Waals surface area (Å²) in [6.07, 6.45) is -1.73. The second kappa shape index (κ2) is 6.32. The van der Waals surface area contributed by atoms with Crippen LogP contribution in [-0.2, 0) is 13.8 Å². The van der Waals surface area contributed by atoms with E-state index >= 15 is 0 Å². The summed E-state index contributed by atoms with van der Waals surface area (Å²) in [6, 6.07) is 0. The number of ether oxygens (including phenoxy) is 1. The molecule has 3 aliphatic heterocycles. The van der Waals surface area contributed by atoms with Gasteiger partial charge in [0.2, 0.25) is 0 Å². The Kier molecular flexibility index (Phi) is 4.61. The molecule has 8 N–H and O–H groups in total. The SMILES string of the molecule is NN1C=NC=C2C1=NC=NC2(N)[C@@H]1O[C@H](COP(=O)(O)O)[C@@H](O)[C@H]1O. The van der Waals surface area contributed by atoms with Crippen molar-refractivity contribution in [3.63, 3.8) is 0 Å². The fraction of sp³-hybridized carbons (Fsp3) is 0.545. The number of hydrogen-bond acceptors (Lipinski definition) is 11. The van der Waals surface area contributed by atoms with Gasteiger partial charge in [-0.25, -0.2) is 25.4 Å². The first-order valence-corrected chi connectivity index (χ1v) is 8.57. The molecule has 0 amide bonds. The van der Waals surface area contributed by atoms with Crippen molar-refractivity contribution in [1.82, 2.24) is 5.01 Å². The molecule has 0 aromatic rings. The number of rotatable bonds is 4. The molecule has 13 nitrogen and oxygen atoms in total. The summed E-state index contributed by atoms with van der Waals surface area (Å²) in [5, 5.41) is 21.5. The Morgan fingerprint density at radius 3 is 2.80 bits per heavy atom. The summed E-state index contributed by atoms with van der Waals surface area (Å²) in [5.74, 6) is 5.96. The van der Waals surface area contributed by atoms with Gasteiger partial charge in [0.15, 0.2) is 11.5 Å². The summed E-state index contributed by atoms with van der Waals surface area (Å²) < 4.78 is 20.6. The van der Waals surface area contributed by atoms with Gasteiger partial charge in [-0.3, -0.25) is 9.53 Å². The van der Waals surface area contributed by atoms with E-state index in [1.165, 1.54) is 12.5 Å². The highest BCUT2D eigenvalue weighted by Crippen LogP contribution is 2.39. The van der Waals surface area contributed by atoms with Gasteiger partial charge in [0, 0.05) is 6.20 Å². The number of aliphatic hydroxyl groups is 2. The van der Waals surface area contributed by atoms with Gasteiger partial charge in [0.1, 0.15) is 37.1 Å². The Bertz CT molecular complexity index is 720. The van der Waals surface area contributed by atoms with Crippen LogP contribution in [0.25, 0.3) is 0 Å². The molecule has 3 aliphatic rings. The standard InChI is InChI=1S/C11H17N6O7P/c12-11(5-1-14-4-17(13)10(5)15-3-16-11)9-8(19)7(18)6(24-9)2-23-25(20,21)22/h1,3-4,6-9,18-19H,2,12-13H2,(H2,20,21,22)/t6-,7-,8-,9-,11?/m1/s1. The van der Waals surface area contributed by atoms with E-state index in [1.807, 2.05) is 0 Å². The number of phosphoric ester groups is 1. The molecule has 138 valence electrons. The molecule has 0 aromatic heterocycles. The summed E-state index contributed by atoms with van der Waals surface area (Å²) in [4.78, 5) is 29.4. The van der Waals surface area contributed by atoms with Gasteiger partial charge in [-0.05, 0) is 0 Å². The number of nitrogens with zero attached hydrogens (tertiary/aromatic N) is 4. The van der Waals surface area contributed by atoms with E-state index < -0.39 is 44.5 Å². The quantitative estimate of drug-likeness (QED) is 0.213. The number of aliphatic hydroxyl groups excluding tert-OH is 2. The number of aliphatic imine (C=N–C) groups is 3. The van der Waals surface area contributed by atoms with Crippen LogP contribution in [-0.4, -0.2) is 80.2 Å². The van der Waals surface area contributed by atoms with Crippen molar-refractivity contribution in [1.29, 1.82) is 0 Å². The Labute approximate surface area is 141 Å².